The van der Waals surface area contributed by atoms with E-state index < -0.39 is 15.8 Å². The predicted molar refractivity (Wildman–Crippen MR) is 96.6 cm³/mol. The highest BCUT2D eigenvalue weighted by atomic mass is 32.2. The Hall–Kier alpha value is -1.35. The standard InChI is InChI=1S/C17H27N3O4S/c1-11-9-20(10-12(2)23-11)25(21,22)19-15-8-17(3,4)24-16-6-5-13(18)7-14(15)16/h5-7,11-12,15,19H,8-10,18H2,1-4H3. The fourth-order valence-electron chi connectivity index (χ4n) is 3.56. The molecule has 1 fully saturated rings. The van der Waals surface area contributed by atoms with E-state index in [1.165, 1.54) is 4.31 Å². The molecule has 25 heavy (non-hydrogen) atoms. The van der Waals surface area contributed by atoms with Gasteiger partial charge in [-0.2, -0.15) is 17.4 Å². The van der Waals surface area contributed by atoms with Crippen LogP contribution in [0.2, 0.25) is 0 Å². The average Bonchev–Trinajstić information content (AvgIpc) is 2.46. The second kappa shape index (κ2) is 6.42. The van der Waals surface area contributed by atoms with Gasteiger partial charge in [-0.1, -0.05) is 0 Å². The lowest BCUT2D eigenvalue weighted by Crippen LogP contribution is -2.53. The summed E-state index contributed by atoms with van der Waals surface area (Å²) in [5.41, 5.74) is 6.78. The number of nitrogens with two attached hydrogens (primary N) is 1. The van der Waals surface area contributed by atoms with Gasteiger partial charge in [0.25, 0.3) is 10.2 Å². The van der Waals surface area contributed by atoms with Crippen LogP contribution in [-0.2, 0) is 14.9 Å². The number of rotatable bonds is 3. The Morgan fingerprint density at radius 1 is 1.24 bits per heavy atom. The van der Waals surface area contributed by atoms with Gasteiger partial charge >= 0.3 is 0 Å². The Morgan fingerprint density at radius 2 is 1.88 bits per heavy atom. The van der Waals surface area contributed by atoms with E-state index in [-0.39, 0.29) is 18.2 Å². The first kappa shape index (κ1) is 18.4. The number of hydrogen-bond acceptors (Lipinski definition) is 5. The molecule has 0 aromatic heterocycles. The zero-order valence-electron chi connectivity index (χ0n) is 15.2. The Morgan fingerprint density at radius 3 is 2.52 bits per heavy atom. The van der Waals surface area contributed by atoms with E-state index in [2.05, 4.69) is 4.72 Å². The third-order valence-corrected chi connectivity index (χ3v) is 6.07. The molecular formula is C17H27N3O4S. The molecule has 0 amide bonds. The minimum absolute atomic E-state index is 0.130. The molecule has 3 atom stereocenters. The second-order valence-electron chi connectivity index (χ2n) is 7.61. The topological polar surface area (TPSA) is 93.9 Å². The second-order valence-corrected chi connectivity index (χ2v) is 9.32. The van der Waals surface area contributed by atoms with E-state index in [1.807, 2.05) is 27.7 Å². The van der Waals surface area contributed by atoms with Crippen LogP contribution in [0, 0.1) is 0 Å². The van der Waals surface area contributed by atoms with Gasteiger partial charge in [-0.15, -0.1) is 0 Å². The number of benzene rings is 1. The predicted octanol–water partition coefficient (Wildman–Crippen LogP) is 1.81. The maximum atomic E-state index is 12.9. The van der Waals surface area contributed by atoms with Crippen LogP contribution in [0.1, 0.15) is 45.7 Å². The van der Waals surface area contributed by atoms with Gasteiger partial charge in [-0.3, -0.25) is 0 Å². The first-order valence-electron chi connectivity index (χ1n) is 8.57. The van der Waals surface area contributed by atoms with Crippen molar-refractivity contribution in [2.75, 3.05) is 18.8 Å². The normalized spacial score (nSPS) is 29.7. The average molecular weight is 369 g/mol. The highest BCUT2D eigenvalue weighted by molar-refractivity contribution is 7.87. The fourth-order valence-corrected chi connectivity index (χ4v) is 5.09. The van der Waals surface area contributed by atoms with Gasteiger partial charge in [-0.05, 0) is 45.9 Å². The summed E-state index contributed by atoms with van der Waals surface area (Å²) in [6.45, 7) is 8.35. The molecule has 0 radical (unpaired) electrons. The van der Waals surface area contributed by atoms with Crippen molar-refractivity contribution in [1.29, 1.82) is 0 Å². The Labute approximate surface area is 149 Å². The molecule has 0 aliphatic carbocycles. The molecule has 140 valence electrons. The van der Waals surface area contributed by atoms with E-state index in [0.717, 1.165) is 5.56 Å². The quantitative estimate of drug-likeness (QED) is 0.793. The zero-order valence-corrected chi connectivity index (χ0v) is 16.0. The molecule has 1 aromatic carbocycles. The molecule has 7 nitrogen and oxygen atoms in total. The highest BCUT2D eigenvalue weighted by Crippen LogP contribution is 2.40. The molecule has 1 aromatic rings. The molecule has 0 spiro atoms. The minimum atomic E-state index is -3.65. The number of nitrogens with zero attached hydrogens (tertiary/aromatic N) is 1. The van der Waals surface area contributed by atoms with Gasteiger partial charge < -0.3 is 15.2 Å². The Balaban J connectivity index is 1.87. The molecule has 0 saturated carbocycles. The molecule has 3 N–H and O–H groups in total. The first-order chi connectivity index (χ1) is 11.6. The van der Waals surface area contributed by atoms with Crippen LogP contribution in [0.5, 0.6) is 5.75 Å². The van der Waals surface area contributed by atoms with Crippen LogP contribution in [0.3, 0.4) is 0 Å². The first-order valence-corrected chi connectivity index (χ1v) is 10.0. The third-order valence-electron chi connectivity index (χ3n) is 4.51. The number of fused-ring (bicyclic) bond motifs is 1. The summed E-state index contributed by atoms with van der Waals surface area (Å²) in [6.07, 6.45) is 0.266. The summed E-state index contributed by atoms with van der Waals surface area (Å²) in [7, 11) is -3.65. The molecule has 3 unspecified atom stereocenters. The number of nitrogen functional groups attached to an aromatic ring is 1. The van der Waals surface area contributed by atoms with E-state index in [9.17, 15) is 8.42 Å². The number of ether oxygens (including phenoxy) is 2. The zero-order chi connectivity index (χ0) is 18.4. The molecule has 8 heteroatoms. The molecule has 0 bridgehead atoms. The lowest BCUT2D eigenvalue weighted by atomic mass is 9.90. The van der Waals surface area contributed by atoms with Crippen LogP contribution >= 0.6 is 0 Å². The lowest BCUT2D eigenvalue weighted by molar-refractivity contribution is -0.0446. The van der Waals surface area contributed by atoms with Crippen molar-refractivity contribution >= 4 is 15.9 Å². The van der Waals surface area contributed by atoms with Crippen LogP contribution in [0.25, 0.3) is 0 Å². The SMILES string of the molecule is CC1CN(S(=O)(=O)NC2CC(C)(C)Oc3ccc(N)cc32)CC(C)O1. The number of nitrogens with one attached hydrogen (secondary N) is 1. The largest absolute Gasteiger partial charge is 0.487 e. The van der Waals surface area contributed by atoms with Crippen molar-refractivity contribution in [3.05, 3.63) is 23.8 Å². The monoisotopic (exact) mass is 369 g/mol. The number of morpholine rings is 1. The van der Waals surface area contributed by atoms with Crippen molar-refractivity contribution in [2.45, 2.75) is 58.0 Å². The molecular weight excluding hydrogens is 342 g/mol. The van der Waals surface area contributed by atoms with Crippen molar-refractivity contribution in [3.63, 3.8) is 0 Å². The number of hydrogen-bond donors (Lipinski definition) is 2. The van der Waals surface area contributed by atoms with Crippen molar-refractivity contribution in [3.8, 4) is 5.75 Å². The van der Waals surface area contributed by atoms with E-state index in [4.69, 9.17) is 15.2 Å². The van der Waals surface area contributed by atoms with Crippen molar-refractivity contribution in [1.82, 2.24) is 9.03 Å². The summed E-state index contributed by atoms with van der Waals surface area (Å²) in [5, 5.41) is 0. The van der Waals surface area contributed by atoms with Crippen LogP contribution in [0.15, 0.2) is 18.2 Å². The van der Waals surface area contributed by atoms with E-state index >= 15 is 0 Å². The molecule has 2 aliphatic heterocycles. The smallest absolute Gasteiger partial charge is 0.280 e. The summed E-state index contributed by atoms with van der Waals surface area (Å²) < 4.78 is 41.8. The molecule has 1 saturated heterocycles. The third kappa shape index (κ3) is 4.08. The lowest BCUT2D eigenvalue weighted by Gasteiger charge is -2.40. The molecule has 2 aliphatic rings. The van der Waals surface area contributed by atoms with Crippen molar-refractivity contribution < 1.29 is 17.9 Å². The van der Waals surface area contributed by atoms with Gasteiger partial charge in [0.1, 0.15) is 11.4 Å². The summed E-state index contributed by atoms with van der Waals surface area (Å²) in [5.74, 6) is 0.668. The van der Waals surface area contributed by atoms with Crippen LogP contribution in [0.4, 0.5) is 5.69 Å². The Bertz CT molecular complexity index is 740. The summed E-state index contributed by atoms with van der Waals surface area (Å²) in [6, 6.07) is 4.95. The highest BCUT2D eigenvalue weighted by Gasteiger charge is 2.38. The van der Waals surface area contributed by atoms with Gasteiger partial charge in [0, 0.05) is 30.8 Å². The van der Waals surface area contributed by atoms with Gasteiger partial charge in [0.2, 0.25) is 0 Å². The molecule has 3 rings (SSSR count). The Kier molecular flexibility index (Phi) is 4.74. The maximum Gasteiger partial charge on any atom is 0.280 e. The van der Waals surface area contributed by atoms with Gasteiger partial charge in [0.05, 0.1) is 18.2 Å². The van der Waals surface area contributed by atoms with Gasteiger partial charge in [-0.25, -0.2) is 0 Å². The summed E-state index contributed by atoms with van der Waals surface area (Å²) >= 11 is 0. The number of anilines is 1. The van der Waals surface area contributed by atoms with Crippen molar-refractivity contribution in [2.24, 2.45) is 0 Å². The molecule has 2 heterocycles. The minimum Gasteiger partial charge on any atom is -0.487 e. The van der Waals surface area contributed by atoms with Crippen LogP contribution in [-0.4, -0.2) is 43.6 Å². The van der Waals surface area contributed by atoms with E-state index in [0.29, 0.717) is 30.9 Å². The fraction of sp³-hybridized carbons (Fsp3) is 0.647. The van der Waals surface area contributed by atoms with Gasteiger partial charge in [0.15, 0.2) is 0 Å². The van der Waals surface area contributed by atoms with Crippen LogP contribution < -0.4 is 15.2 Å². The van der Waals surface area contributed by atoms with E-state index in [1.54, 1.807) is 18.2 Å². The summed E-state index contributed by atoms with van der Waals surface area (Å²) in [4.78, 5) is 0. The maximum absolute atomic E-state index is 12.9.